The van der Waals surface area contributed by atoms with E-state index in [0.29, 0.717) is 11.1 Å². The van der Waals surface area contributed by atoms with Crippen molar-refractivity contribution in [3.63, 3.8) is 0 Å². The first-order valence-electron chi connectivity index (χ1n) is 5.95. The maximum absolute atomic E-state index is 13.9. The number of rotatable bonds is 3. The fourth-order valence-electron chi connectivity index (χ4n) is 1.86. The average molecular weight is 282 g/mol. The standard InChI is InChI=1S/C15H14ClF2N/c1-9(19-2)10-3-5-14(17)12(7-10)11-4-6-15(18)13(16)8-11/h3-9,19H,1-2H3. The molecule has 4 heteroatoms. The smallest absolute Gasteiger partial charge is 0.141 e. The van der Waals surface area contributed by atoms with Crippen LogP contribution in [0.3, 0.4) is 0 Å². The van der Waals surface area contributed by atoms with Crippen molar-refractivity contribution in [2.75, 3.05) is 7.05 Å². The van der Waals surface area contributed by atoms with E-state index in [0.717, 1.165) is 5.56 Å². The lowest BCUT2D eigenvalue weighted by molar-refractivity contribution is 0.620. The van der Waals surface area contributed by atoms with Crippen LogP contribution in [-0.2, 0) is 0 Å². The molecule has 2 aromatic carbocycles. The van der Waals surface area contributed by atoms with Gasteiger partial charge in [-0.25, -0.2) is 8.78 Å². The first kappa shape index (κ1) is 14.0. The van der Waals surface area contributed by atoms with Crippen LogP contribution < -0.4 is 5.32 Å². The molecule has 0 heterocycles. The SMILES string of the molecule is CNC(C)c1ccc(F)c(-c2ccc(F)c(Cl)c2)c1. The van der Waals surface area contributed by atoms with Crippen LogP contribution in [0.25, 0.3) is 11.1 Å². The second-order valence-electron chi connectivity index (χ2n) is 4.38. The van der Waals surface area contributed by atoms with Gasteiger partial charge in [0.25, 0.3) is 0 Å². The minimum Gasteiger partial charge on any atom is -0.313 e. The predicted molar refractivity (Wildman–Crippen MR) is 74.3 cm³/mol. The van der Waals surface area contributed by atoms with Gasteiger partial charge in [0.15, 0.2) is 0 Å². The molecule has 0 aliphatic carbocycles. The zero-order chi connectivity index (χ0) is 14.0. The lowest BCUT2D eigenvalue weighted by Gasteiger charge is -2.13. The number of hydrogen-bond acceptors (Lipinski definition) is 1. The fraction of sp³-hybridized carbons (Fsp3) is 0.200. The van der Waals surface area contributed by atoms with E-state index in [1.165, 1.54) is 24.3 Å². The molecule has 0 saturated heterocycles. The Labute approximate surface area is 116 Å². The van der Waals surface area contributed by atoms with E-state index in [2.05, 4.69) is 5.32 Å². The van der Waals surface area contributed by atoms with Gasteiger partial charge in [-0.05, 0) is 49.4 Å². The molecule has 1 nitrogen and oxygen atoms in total. The van der Waals surface area contributed by atoms with E-state index >= 15 is 0 Å². The van der Waals surface area contributed by atoms with Crippen molar-refractivity contribution >= 4 is 11.6 Å². The number of nitrogens with one attached hydrogen (secondary N) is 1. The molecule has 0 bridgehead atoms. The molecule has 0 saturated carbocycles. The van der Waals surface area contributed by atoms with Gasteiger partial charge in [0.2, 0.25) is 0 Å². The normalized spacial score (nSPS) is 12.5. The second-order valence-corrected chi connectivity index (χ2v) is 4.79. The van der Waals surface area contributed by atoms with Gasteiger partial charge >= 0.3 is 0 Å². The summed E-state index contributed by atoms with van der Waals surface area (Å²) in [5.74, 6) is -0.861. The molecule has 0 aromatic heterocycles. The van der Waals surface area contributed by atoms with E-state index in [-0.39, 0.29) is 16.9 Å². The molecule has 0 spiro atoms. The third kappa shape index (κ3) is 2.94. The van der Waals surface area contributed by atoms with Crippen LogP contribution in [0.1, 0.15) is 18.5 Å². The summed E-state index contributed by atoms with van der Waals surface area (Å²) in [6.45, 7) is 1.98. The Hall–Kier alpha value is -1.45. The maximum atomic E-state index is 13.9. The Balaban J connectivity index is 2.51. The third-order valence-corrected chi connectivity index (χ3v) is 3.44. The van der Waals surface area contributed by atoms with Gasteiger partial charge in [0, 0.05) is 11.6 Å². The highest BCUT2D eigenvalue weighted by Crippen LogP contribution is 2.29. The Morgan fingerprint density at radius 2 is 1.74 bits per heavy atom. The lowest BCUT2D eigenvalue weighted by Crippen LogP contribution is -2.12. The highest BCUT2D eigenvalue weighted by Gasteiger charge is 2.11. The Kier molecular flexibility index (Phi) is 4.17. The number of hydrogen-bond donors (Lipinski definition) is 1. The Morgan fingerprint density at radius 1 is 1.05 bits per heavy atom. The molecular formula is C15H14ClF2N. The first-order chi connectivity index (χ1) is 9.02. The summed E-state index contributed by atoms with van der Waals surface area (Å²) >= 11 is 5.74. The second kappa shape index (κ2) is 5.68. The van der Waals surface area contributed by atoms with Crippen LogP contribution in [0.4, 0.5) is 8.78 Å². The van der Waals surface area contributed by atoms with Crippen molar-refractivity contribution in [1.82, 2.24) is 5.32 Å². The van der Waals surface area contributed by atoms with E-state index in [4.69, 9.17) is 11.6 Å². The highest BCUT2D eigenvalue weighted by molar-refractivity contribution is 6.31. The molecule has 100 valence electrons. The van der Waals surface area contributed by atoms with Gasteiger partial charge in [-0.3, -0.25) is 0 Å². The quantitative estimate of drug-likeness (QED) is 0.869. The predicted octanol–water partition coefficient (Wildman–Crippen LogP) is 4.57. The van der Waals surface area contributed by atoms with Crippen molar-refractivity contribution < 1.29 is 8.78 Å². The molecule has 0 aliphatic heterocycles. The van der Waals surface area contributed by atoms with Gasteiger partial charge in [-0.15, -0.1) is 0 Å². The van der Waals surface area contributed by atoms with Gasteiger partial charge in [-0.2, -0.15) is 0 Å². The summed E-state index contributed by atoms with van der Waals surface area (Å²) in [5, 5.41) is 3.08. The maximum Gasteiger partial charge on any atom is 0.141 e. The van der Waals surface area contributed by atoms with E-state index in [9.17, 15) is 8.78 Å². The average Bonchev–Trinajstić information content (AvgIpc) is 2.41. The van der Waals surface area contributed by atoms with Gasteiger partial charge in [-0.1, -0.05) is 23.7 Å². The Morgan fingerprint density at radius 3 is 2.37 bits per heavy atom. The van der Waals surface area contributed by atoms with Crippen LogP contribution in [0.2, 0.25) is 5.02 Å². The summed E-state index contributed by atoms with van der Waals surface area (Å²) in [5.41, 5.74) is 1.94. The summed E-state index contributed by atoms with van der Waals surface area (Å²) < 4.78 is 27.0. The van der Waals surface area contributed by atoms with E-state index in [1.54, 1.807) is 12.1 Å². The molecule has 2 aromatic rings. The summed E-state index contributed by atoms with van der Waals surface area (Å²) in [6.07, 6.45) is 0. The molecular weight excluding hydrogens is 268 g/mol. The van der Waals surface area contributed by atoms with Gasteiger partial charge in [0.1, 0.15) is 11.6 Å². The zero-order valence-corrected chi connectivity index (χ0v) is 11.4. The monoisotopic (exact) mass is 281 g/mol. The molecule has 0 amide bonds. The fourth-order valence-corrected chi connectivity index (χ4v) is 2.04. The van der Waals surface area contributed by atoms with Crippen molar-refractivity contribution in [2.45, 2.75) is 13.0 Å². The topological polar surface area (TPSA) is 12.0 Å². The van der Waals surface area contributed by atoms with Crippen LogP contribution >= 0.6 is 11.6 Å². The molecule has 1 N–H and O–H groups in total. The van der Waals surface area contributed by atoms with Crippen LogP contribution in [0, 0.1) is 11.6 Å². The summed E-state index contributed by atoms with van der Waals surface area (Å²) in [6, 6.07) is 9.19. The molecule has 1 unspecified atom stereocenters. The van der Waals surface area contributed by atoms with Gasteiger partial charge in [0.05, 0.1) is 5.02 Å². The summed E-state index contributed by atoms with van der Waals surface area (Å²) in [4.78, 5) is 0. The minimum absolute atomic E-state index is 0.0102. The molecule has 0 fully saturated rings. The van der Waals surface area contributed by atoms with Crippen LogP contribution in [-0.4, -0.2) is 7.05 Å². The molecule has 0 aliphatic rings. The first-order valence-corrected chi connectivity index (χ1v) is 6.33. The molecule has 0 radical (unpaired) electrons. The molecule has 19 heavy (non-hydrogen) atoms. The molecule has 2 rings (SSSR count). The highest BCUT2D eigenvalue weighted by atomic mass is 35.5. The van der Waals surface area contributed by atoms with Gasteiger partial charge < -0.3 is 5.32 Å². The lowest BCUT2D eigenvalue weighted by atomic mass is 9.99. The number of halogens is 3. The van der Waals surface area contributed by atoms with Crippen molar-refractivity contribution in [1.29, 1.82) is 0 Å². The van der Waals surface area contributed by atoms with E-state index in [1.807, 2.05) is 14.0 Å². The van der Waals surface area contributed by atoms with Crippen molar-refractivity contribution in [3.8, 4) is 11.1 Å². The van der Waals surface area contributed by atoms with Crippen molar-refractivity contribution in [2.24, 2.45) is 0 Å². The Bertz CT molecular complexity index is 599. The minimum atomic E-state index is -0.509. The largest absolute Gasteiger partial charge is 0.313 e. The van der Waals surface area contributed by atoms with Crippen molar-refractivity contribution in [3.05, 3.63) is 58.6 Å². The number of benzene rings is 2. The third-order valence-electron chi connectivity index (χ3n) is 3.15. The molecule has 1 atom stereocenters. The zero-order valence-electron chi connectivity index (χ0n) is 10.7. The van der Waals surface area contributed by atoms with Crippen LogP contribution in [0.5, 0.6) is 0 Å². The summed E-state index contributed by atoms with van der Waals surface area (Å²) in [7, 11) is 1.84. The van der Waals surface area contributed by atoms with E-state index < -0.39 is 5.82 Å². The van der Waals surface area contributed by atoms with Crippen LogP contribution in [0.15, 0.2) is 36.4 Å².